The number of carbonyl (C=O) groups is 1. The fourth-order valence-electron chi connectivity index (χ4n) is 3.08. The molecule has 0 radical (unpaired) electrons. The minimum Gasteiger partial charge on any atom is -0.339 e. The highest BCUT2D eigenvalue weighted by molar-refractivity contribution is 5.96. The molecule has 1 fully saturated rings. The quantitative estimate of drug-likeness (QED) is 0.688. The topological polar surface area (TPSA) is 59.2 Å². The van der Waals surface area contributed by atoms with E-state index >= 15 is 0 Å². The van der Waals surface area contributed by atoms with Crippen LogP contribution in [-0.4, -0.2) is 22.6 Å². The summed E-state index contributed by atoms with van der Waals surface area (Å²) in [4.78, 5) is 18.2. The molecule has 0 unspecified atom stereocenters. The molecule has 4 rings (SSSR count). The van der Waals surface area contributed by atoms with Crippen LogP contribution in [0.2, 0.25) is 0 Å². The van der Waals surface area contributed by atoms with Gasteiger partial charge < -0.3 is 9.42 Å². The first-order valence-corrected chi connectivity index (χ1v) is 8.28. The average Bonchev–Trinajstić information content (AvgIpc) is 3.29. The summed E-state index contributed by atoms with van der Waals surface area (Å²) in [5, 5.41) is 3.79. The van der Waals surface area contributed by atoms with Crippen LogP contribution in [0.25, 0.3) is 11.4 Å². The number of anilines is 1. The summed E-state index contributed by atoms with van der Waals surface area (Å²) in [6, 6.07) is 14.0. The van der Waals surface area contributed by atoms with E-state index in [2.05, 4.69) is 10.1 Å². The minimum absolute atomic E-state index is 0.0648. The lowest BCUT2D eigenvalue weighted by molar-refractivity contribution is -0.137. The highest BCUT2D eigenvalue weighted by Crippen LogP contribution is 2.34. The van der Waals surface area contributed by atoms with Crippen LogP contribution in [0.3, 0.4) is 0 Å². The van der Waals surface area contributed by atoms with Crippen LogP contribution in [0.1, 0.15) is 23.8 Å². The Bertz CT molecular complexity index is 970. The predicted molar refractivity (Wildman–Crippen MR) is 90.9 cm³/mol. The largest absolute Gasteiger partial charge is 0.416 e. The third-order valence-electron chi connectivity index (χ3n) is 4.43. The molecule has 8 heteroatoms. The van der Waals surface area contributed by atoms with Gasteiger partial charge in [0.25, 0.3) is 0 Å². The van der Waals surface area contributed by atoms with E-state index in [-0.39, 0.29) is 35.5 Å². The second-order valence-electron chi connectivity index (χ2n) is 6.28. The van der Waals surface area contributed by atoms with Crippen LogP contribution in [0.5, 0.6) is 0 Å². The van der Waals surface area contributed by atoms with Gasteiger partial charge in [-0.25, -0.2) is 0 Å². The number of hydrogen-bond acceptors (Lipinski definition) is 4. The summed E-state index contributed by atoms with van der Waals surface area (Å²) in [6.45, 7) is 0.382. The van der Waals surface area contributed by atoms with Crippen molar-refractivity contribution in [1.29, 1.82) is 0 Å². The molecule has 1 atom stereocenters. The Labute approximate surface area is 152 Å². The lowest BCUT2D eigenvalue weighted by Gasteiger charge is -2.15. The Hall–Kier alpha value is -3.16. The lowest BCUT2D eigenvalue weighted by Crippen LogP contribution is -2.24. The van der Waals surface area contributed by atoms with Crippen molar-refractivity contribution in [2.45, 2.75) is 18.5 Å². The molecule has 1 amide bonds. The van der Waals surface area contributed by atoms with E-state index in [9.17, 15) is 18.0 Å². The number of aromatic nitrogens is 2. The molecule has 1 aliphatic heterocycles. The third-order valence-corrected chi connectivity index (χ3v) is 4.43. The van der Waals surface area contributed by atoms with Crippen molar-refractivity contribution in [3.8, 4) is 11.4 Å². The molecule has 0 aliphatic carbocycles. The van der Waals surface area contributed by atoms with Crippen molar-refractivity contribution >= 4 is 11.6 Å². The van der Waals surface area contributed by atoms with Gasteiger partial charge in [-0.2, -0.15) is 18.2 Å². The van der Waals surface area contributed by atoms with Crippen molar-refractivity contribution in [1.82, 2.24) is 10.1 Å². The Morgan fingerprint density at radius 2 is 1.85 bits per heavy atom. The summed E-state index contributed by atoms with van der Waals surface area (Å²) >= 11 is 0. The third kappa shape index (κ3) is 3.42. The Morgan fingerprint density at radius 3 is 2.59 bits per heavy atom. The van der Waals surface area contributed by atoms with E-state index < -0.39 is 11.7 Å². The SMILES string of the molecule is O=C1C[C@@H](c2nc(-c3cccc(C(F)(F)F)c3)no2)CN1c1ccccc1. The molecule has 138 valence electrons. The van der Waals surface area contributed by atoms with Crippen LogP contribution in [0, 0.1) is 0 Å². The maximum absolute atomic E-state index is 12.9. The highest BCUT2D eigenvalue weighted by Gasteiger charge is 2.35. The number of hydrogen-bond donors (Lipinski definition) is 0. The second-order valence-corrected chi connectivity index (χ2v) is 6.28. The molecular formula is C19H14F3N3O2. The van der Waals surface area contributed by atoms with Gasteiger partial charge in [-0.15, -0.1) is 0 Å². The molecule has 5 nitrogen and oxygen atoms in total. The summed E-state index contributed by atoms with van der Waals surface area (Å²) in [6.07, 6.45) is -4.24. The Morgan fingerprint density at radius 1 is 1.07 bits per heavy atom. The Balaban J connectivity index is 1.56. The van der Waals surface area contributed by atoms with E-state index in [0.717, 1.165) is 17.8 Å². The van der Waals surface area contributed by atoms with Gasteiger partial charge in [0.2, 0.25) is 17.6 Å². The van der Waals surface area contributed by atoms with Gasteiger partial charge >= 0.3 is 6.18 Å². The Kier molecular flexibility index (Phi) is 4.18. The van der Waals surface area contributed by atoms with Crippen molar-refractivity contribution < 1.29 is 22.5 Å². The summed E-state index contributed by atoms with van der Waals surface area (Å²) < 4.78 is 43.9. The first kappa shape index (κ1) is 17.3. The van der Waals surface area contributed by atoms with E-state index in [0.29, 0.717) is 6.54 Å². The monoisotopic (exact) mass is 373 g/mol. The van der Waals surface area contributed by atoms with Crippen LogP contribution in [0.15, 0.2) is 59.1 Å². The van der Waals surface area contributed by atoms with Crippen LogP contribution >= 0.6 is 0 Å². The maximum Gasteiger partial charge on any atom is 0.416 e. The van der Waals surface area contributed by atoms with E-state index in [1.165, 1.54) is 12.1 Å². The zero-order valence-corrected chi connectivity index (χ0v) is 14.0. The number of nitrogens with zero attached hydrogens (tertiary/aromatic N) is 3. The van der Waals surface area contributed by atoms with Crippen molar-refractivity contribution in [3.05, 3.63) is 66.1 Å². The average molecular weight is 373 g/mol. The molecule has 27 heavy (non-hydrogen) atoms. The molecule has 0 N–H and O–H groups in total. The molecule has 3 aromatic rings. The van der Waals surface area contributed by atoms with E-state index in [1.54, 1.807) is 4.90 Å². The predicted octanol–water partition coefficient (Wildman–Crippen LogP) is 4.28. The smallest absolute Gasteiger partial charge is 0.339 e. The van der Waals surface area contributed by atoms with Crippen molar-refractivity contribution in [2.24, 2.45) is 0 Å². The summed E-state index contributed by atoms with van der Waals surface area (Å²) in [5.41, 5.74) is 0.212. The van der Waals surface area contributed by atoms with E-state index in [4.69, 9.17) is 4.52 Å². The first-order chi connectivity index (χ1) is 12.9. The number of halogens is 3. The fourth-order valence-corrected chi connectivity index (χ4v) is 3.08. The number of para-hydroxylation sites is 1. The van der Waals surface area contributed by atoms with Gasteiger partial charge in [0, 0.05) is 24.2 Å². The number of benzene rings is 2. The first-order valence-electron chi connectivity index (χ1n) is 8.28. The van der Waals surface area contributed by atoms with Gasteiger partial charge in [-0.3, -0.25) is 4.79 Å². The normalized spacial score (nSPS) is 17.5. The molecule has 1 aliphatic rings. The lowest BCUT2D eigenvalue weighted by atomic mass is 10.1. The molecule has 0 bridgehead atoms. The highest BCUT2D eigenvalue weighted by atomic mass is 19.4. The molecular weight excluding hydrogens is 359 g/mol. The van der Waals surface area contributed by atoms with E-state index in [1.807, 2.05) is 30.3 Å². The summed E-state index contributed by atoms with van der Waals surface area (Å²) in [7, 11) is 0. The van der Waals surface area contributed by atoms with Gasteiger partial charge in [-0.05, 0) is 24.3 Å². The maximum atomic E-state index is 12.9. The second kappa shape index (κ2) is 6.53. The van der Waals surface area contributed by atoms with Crippen molar-refractivity contribution in [2.75, 3.05) is 11.4 Å². The number of alkyl halides is 3. The number of carbonyl (C=O) groups excluding carboxylic acids is 1. The van der Waals surface area contributed by atoms with Gasteiger partial charge in [0.1, 0.15) is 0 Å². The summed E-state index contributed by atoms with van der Waals surface area (Å²) in [5.74, 6) is -0.0503. The molecule has 2 aromatic carbocycles. The molecule has 1 saturated heterocycles. The van der Waals surface area contributed by atoms with Gasteiger partial charge in [0.05, 0.1) is 11.5 Å². The zero-order chi connectivity index (χ0) is 19.0. The van der Waals surface area contributed by atoms with Crippen molar-refractivity contribution in [3.63, 3.8) is 0 Å². The van der Waals surface area contributed by atoms with Gasteiger partial charge in [-0.1, -0.05) is 35.5 Å². The van der Waals surface area contributed by atoms with Crippen LogP contribution < -0.4 is 4.90 Å². The number of rotatable bonds is 3. The molecule has 1 aromatic heterocycles. The molecule has 2 heterocycles. The molecule has 0 saturated carbocycles. The van der Waals surface area contributed by atoms with Gasteiger partial charge in [0.15, 0.2) is 0 Å². The molecule has 0 spiro atoms. The minimum atomic E-state index is -4.45. The standard InChI is InChI=1S/C19H14F3N3O2/c20-19(21,22)14-6-4-5-12(9-14)17-23-18(27-24-17)13-10-16(26)25(11-13)15-7-2-1-3-8-15/h1-9,13H,10-11H2/t13-/m1/s1. The zero-order valence-electron chi connectivity index (χ0n) is 14.0. The van der Waals surface area contributed by atoms with Crippen LogP contribution in [0.4, 0.5) is 18.9 Å². The number of amides is 1. The fraction of sp³-hybridized carbons (Fsp3) is 0.211. The van der Waals surface area contributed by atoms with Crippen LogP contribution in [-0.2, 0) is 11.0 Å².